The lowest BCUT2D eigenvalue weighted by Crippen LogP contribution is -2.23. The monoisotopic (exact) mass is 297 g/mol. The molecule has 1 rings (SSSR count). The van der Waals surface area contributed by atoms with Crippen LogP contribution in [0.5, 0.6) is 17.2 Å². The molecule has 5 heteroatoms. The Balaban J connectivity index is 2.73. The highest BCUT2D eigenvalue weighted by atomic mass is 16.5. The summed E-state index contributed by atoms with van der Waals surface area (Å²) in [6.07, 6.45) is 1.88. The van der Waals surface area contributed by atoms with Crippen molar-refractivity contribution in [1.82, 2.24) is 5.32 Å². The molecular formula is C16H27NO4. The van der Waals surface area contributed by atoms with Crippen LogP contribution in [0.3, 0.4) is 0 Å². The van der Waals surface area contributed by atoms with Crippen molar-refractivity contribution >= 4 is 0 Å². The molecule has 0 aliphatic rings. The molecule has 0 heterocycles. The molecule has 0 fully saturated rings. The standard InChI is InChI=1S/C16H27NO4/c1-5-12(6-7-18)10-17-11-13-8-15(20-3)16(21-4)9-14(13)19-2/h8-9,12,17-18H,5-7,10-11H2,1-4H3. The van der Waals surface area contributed by atoms with Gasteiger partial charge in [-0.25, -0.2) is 0 Å². The molecule has 0 aliphatic carbocycles. The maximum atomic E-state index is 9.01. The van der Waals surface area contributed by atoms with Crippen LogP contribution in [0.4, 0.5) is 0 Å². The van der Waals surface area contributed by atoms with E-state index >= 15 is 0 Å². The normalized spacial score (nSPS) is 12.0. The Morgan fingerprint density at radius 2 is 1.67 bits per heavy atom. The van der Waals surface area contributed by atoms with Gasteiger partial charge in [0.1, 0.15) is 5.75 Å². The predicted octanol–water partition coefficient (Wildman–Crippen LogP) is 2.21. The number of hydrogen-bond donors (Lipinski definition) is 2. The first-order valence-corrected chi connectivity index (χ1v) is 7.30. The van der Waals surface area contributed by atoms with Crippen molar-refractivity contribution in [2.24, 2.45) is 5.92 Å². The molecule has 0 aliphatic heterocycles. The first-order valence-electron chi connectivity index (χ1n) is 7.30. The lowest BCUT2D eigenvalue weighted by Gasteiger charge is -2.17. The molecule has 120 valence electrons. The zero-order valence-corrected chi connectivity index (χ0v) is 13.4. The summed E-state index contributed by atoms with van der Waals surface area (Å²) in [6.45, 7) is 3.93. The molecular weight excluding hydrogens is 270 g/mol. The molecule has 0 saturated carbocycles. The summed E-state index contributed by atoms with van der Waals surface area (Å²) < 4.78 is 16.0. The van der Waals surface area contributed by atoms with Gasteiger partial charge in [0.2, 0.25) is 0 Å². The van der Waals surface area contributed by atoms with Crippen molar-refractivity contribution in [2.75, 3.05) is 34.5 Å². The second-order valence-electron chi connectivity index (χ2n) is 4.94. The van der Waals surface area contributed by atoms with E-state index in [9.17, 15) is 0 Å². The van der Waals surface area contributed by atoms with Crippen LogP contribution in [0.2, 0.25) is 0 Å². The Bertz CT molecular complexity index is 423. The van der Waals surface area contributed by atoms with Crippen molar-refractivity contribution in [3.05, 3.63) is 17.7 Å². The molecule has 1 atom stereocenters. The highest BCUT2D eigenvalue weighted by Gasteiger charge is 2.12. The van der Waals surface area contributed by atoms with E-state index in [1.807, 2.05) is 12.1 Å². The number of aliphatic hydroxyl groups is 1. The van der Waals surface area contributed by atoms with Crippen LogP contribution in [0.25, 0.3) is 0 Å². The summed E-state index contributed by atoms with van der Waals surface area (Å²) in [6, 6.07) is 3.76. The highest BCUT2D eigenvalue weighted by Crippen LogP contribution is 2.34. The van der Waals surface area contributed by atoms with Crippen LogP contribution in [0, 0.1) is 5.92 Å². The van der Waals surface area contributed by atoms with Gasteiger partial charge in [-0.2, -0.15) is 0 Å². The molecule has 0 bridgehead atoms. The van der Waals surface area contributed by atoms with Gasteiger partial charge in [-0.15, -0.1) is 0 Å². The fourth-order valence-electron chi connectivity index (χ4n) is 2.27. The van der Waals surface area contributed by atoms with Gasteiger partial charge in [-0.1, -0.05) is 13.3 Å². The van der Waals surface area contributed by atoms with E-state index in [4.69, 9.17) is 19.3 Å². The van der Waals surface area contributed by atoms with E-state index in [1.54, 1.807) is 21.3 Å². The molecule has 0 aromatic heterocycles. The lowest BCUT2D eigenvalue weighted by molar-refractivity contribution is 0.251. The van der Waals surface area contributed by atoms with Crippen molar-refractivity contribution in [3.8, 4) is 17.2 Å². The van der Waals surface area contributed by atoms with Gasteiger partial charge in [0.25, 0.3) is 0 Å². The Morgan fingerprint density at radius 1 is 1.05 bits per heavy atom. The molecule has 1 aromatic carbocycles. The molecule has 0 saturated heterocycles. The van der Waals surface area contributed by atoms with Crippen LogP contribution < -0.4 is 19.5 Å². The van der Waals surface area contributed by atoms with Crippen LogP contribution in [-0.4, -0.2) is 39.6 Å². The summed E-state index contributed by atoms with van der Waals surface area (Å²) in [5.74, 6) is 2.61. The zero-order valence-electron chi connectivity index (χ0n) is 13.4. The second kappa shape index (κ2) is 9.47. The summed E-state index contributed by atoms with van der Waals surface area (Å²) in [4.78, 5) is 0. The molecule has 1 aromatic rings. The Labute approximate surface area is 127 Å². The number of hydrogen-bond acceptors (Lipinski definition) is 5. The maximum absolute atomic E-state index is 9.01. The number of rotatable bonds is 10. The summed E-state index contributed by atoms with van der Waals surface area (Å²) >= 11 is 0. The number of ether oxygens (including phenoxy) is 3. The smallest absolute Gasteiger partial charge is 0.164 e. The maximum Gasteiger partial charge on any atom is 0.164 e. The average Bonchev–Trinajstić information content (AvgIpc) is 2.53. The van der Waals surface area contributed by atoms with Gasteiger partial charge in [0, 0.05) is 24.8 Å². The number of nitrogens with one attached hydrogen (secondary N) is 1. The molecule has 5 nitrogen and oxygen atoms in total. The van der Waals surface area contributed by atoms with Gasteiger partial charge in [0.15, 0.2) is 11.5 Å². The lowest BCUT2D eigenvalue weighted by atomic mass is 10.0. The fraction of sp³-hybridized carbons (Fsp3) is 0.625. The topological polar surface area (TPSA) is 60.0 Å². The van der Waals surface area contributed by atoms with Gasteiger partial charge in [0.05, 0.1) is 21.3 Å². The largest absolute Gasteiger partial charge is 0.496 e. The summed E-state index contributed by atoms with van der Waals surface area (Å²) in [5, 5.41) is 12.4. The Morgan fingerprint density at radius 3 is 2.19 bits per heavy atom. The van der Waals surface area contributed by atoms with Crippen molar-refractivity contribution in [2.45, 2.75) is 26.3 Å². The van der Waals surface area contributed by atoms with E-state index in [0.29, 0.717) is 24.0 Å². The van der Waals surface area contributed by atoms with E-state index in [0.717, 1.165) is 30.7 Å². The Kier molecular flexibility index (Phi) is 7.93. The van der Waals surface area contributed by atoms with Gasteiger partial charge in [-0.3, -0.25) is 0 Å². The minimum absolute atomic E-state index is 0.236. The SMILES string of the molecule is CCC(CCO)CNCc1cc(OC)c(OC)cc1OC. The van der Waals surface area contributed by atoms with Crippen LogP contribution in [0.1, 0.15) is 25.3 Å². The van der Waals surface area contributed by atoms with Crippen molar-refractivity contribution in [1.29, 1.82) is 0 Å². The molecule has 2 N–H and O–H groups in total. The van der Waals surface area contributed by atoms with Gasteiger partial charge in [-0.05, 0) is 24.9 Å². The summed E-state index contributed by atoms with van der Waals surface area (Å²) in [7, 11) is 4.87. The first kappa shape index (κ1) is 17.6. The van der Waals surface area contributed by atoms with Crippen LogP contribution in [-0.2, 0) is 6.54 Å². The summed E-state index contributed by atoms with van der Waals surface area (Å²) in [5.41, 5.74) is 1.02. The molecule has 0 spiro atoms. The predicted molar refractivity (Wildman–Crippen MR) is 83.3 cm³/mol. The van der Waals surface area contributed by atoms with E-state index in [-0.39, 0.29) is 6.61 Å². The number of benzene rings is 1. The zero-order chi connectivity index (χ0) is 15.7. The third-order valence-corrected chi connectivity index (χ3v) is 3.65. The van der Waals surface area contributed by atoms with Crippen molar-refractivity contribution < 1.29 is 19.3 Å². The number of methoxy groups -OCH3 is 3. The molecule has 1 unspecified atom stereocenters. The quantitative estimate of drug-likeness (QED) is 0.693. The second-order valence-corrected chi connectivity index (χ2v) is 4.94. The molecule has 0 radical (unpaired) electrons. The minimum Gasteiger partial charge on any atom is -0.496 e. The highest BCUT2D eigenvalue weighted by molar-refractivity contribution is 5.50. The van der Waals surface area contributed by atoms with Crippen LogP contribution in [0.15, 0.2) is 12.1 Å². The van der Waals surface area contributed by atoms with Crippen LogP contribution >= 0.6 is 0 Å². The van der Waals surface area contributed by atoms with Gasteiger partial charge < -0.3 is 24.6 Å². The third-order valence-electron chi connectivity index (χ3n) is 3.65. The molecule has 0 amide bonds. The average molecular weight is 297 g/mol. The van der Waals surface area contributed by atoms with E-state index in [2.05, 4.69) is 12.2 Å². The van der Waals surface area contributed by atoms with Crippen molar-refractivity contribution in [3.63, 3.8) is 0 Å². The van der Waals surface area contributed by atoms with E-state index in [1.165, 1.54) is 0 Å². The minimum atomic E-state index is 0.236. The molecule has 21 heavy (non-hydrogen) atoms. The first-order chi connectivity index (χ1) is 10.2. The van der Waals surface area contributed by atoms with Gasteiger partial charge >= 0.3 is 0 Å². The van der Waals surface area contributed by atoms with E-state index < -0.39 is 0 Å². The Hall–Kier alpha value is -1.46. The third kappa shape index (κ3) is 5.10. The fourth-order valence-corrected chi connectivity index (χ4v) is 2.27. The number of aliphatic hydroxyl groups excluding tert-OH is 1.